The topological polar surface area (TPSA) is 50.1 Å². The molecular formula is C10H15NO2. The molecule has 0 saturated heterocycles. The van der Waals surface area contributed by atoms with Gasteiger partial charge in [-0.3, -0.25) is 4.79 Å². The lowest BCUT2D eigenvalue weighted by Gasteiger charge is -2.20. The van der Waals surface area contributed by atoms with Crippen LogP contribution >= 0.6 is 0 Å². The van der Waals surface area contributed by atoms with Crippen LogP contribution < -0.4 is 0 Å². The lowest BCUT2D eigenvalue weighted by atomic mass is 9.90. The van der Waals surface area contributed by atoms with Gasteiger partial charge in [-0.2, -0.15) is 5.26 Å². The van der Waals surface area contributed by atoms with E-state index in [4.69, 9.17) is 10.00 Å². The van der Waals surface area contributed by atoms with Crippen LogP contribution in [0.25, 0.3) is 0 Å². The number of nitrogens with zero attached hydrogens (tertiary/aromatic N) is 1. The van der Waals surface area contributed by atoms with Crippen molar-refractivity contribution < 1.29 is 9.53 Å². The van der Waals surface area contributed by atoms with Gasteiger partial charge in [-0.1, -0.05) is 19.3 Å². The molecule has 13 heavy (non-hydrogen) atoms. The van der Waals surface area contributed by atoms with Gasteiger partial charge in [0.15, 0.2) is 0 Å². The number of ether oxygens (including phenoxy) is 1. The maximum Gasteiger partial charge on any atom is 0.320 e. The van der Waals surface area contributed by atoms with Crippen molar-refractivity contribution in [2.45, 2.75) is 38.5 Å². The van der Waals surface area contributed by atoms with Gasteiger partial charge in [-0.05, 0) is 18.8 Å². The van der Waals surface area contributed by atoms with Gasteiger partial charge in [0.05, 0.1) is 12.7 Å². The van der Waals surface area contributed by atoms with E-state index in [0.29, 0.717) is 12.5 Å². The van der Waals surface area contributed by atoms with Gasteiger partial charge in [0, 0.05) is 0 Å². The first kappa shape index (κ1) is 10.0. The monoisotopic (exact) mass is 181 g/mol. The SMILES string of the molecule is N#CCC(=O)OCC1CCCCC1. The van der Waals surface area contributed by atoms with Crippen LogP contribution in [0.1, 0.15) is 38.5 Å². The molecule has 1 fully saturated rings. The van der Waals surface area contributed by atoms with Crippen molar-refractivity contribution in [2.75, 3.05) is 6.61 Å². The van der Waals surface area contributed by atoms with Crippen molar-refractivity contribution in [1.82, 2.24) is 0 Å². The third-order valence-electron chi connectivity index (χ3n) is 2.43. The molecule has 0 aromatic carbocycles. The van der Waals surface area contributed by atoms with Gasteiger partial charge in [-0.25, -0.2) is 0 Å². The highest BCUT2D eigenvalue weighted by Crippen LogP contribution is 2.23. The molecule has 1 saturated carbocycles. The Labute approximate surface area is 78.7 Å². The van der Waals surface area contributed by atoms with E-state index in [1.807, 2.05) is 0 Å². The molecule has 0 radical (unpaired) electrons. The third-order valence-corrected chi connectivity index (χ3v) is 2.43. The number of esters is 1. The normalized spacial score (nSPS) is 17.8. The minimum Gasteiger partial charge on any atom is -0.465 e. The number of carbonyl (C=O) groups is 1. The van der Waals surface area contributed by atoms with Crippen LogP contribution in [-0.2, 0) is 9.53 Å². The van der Waals surface area contributed by atoms with Crippen LogP contribution in [0.5, 0.6) is 0 Å². The third kappa shape index (κ3) is 3.93. The molecular weight excluding hydrogens is 166 g/mol. The molecule has 0 spiro atoms. The smallest absolute Gasteiger partial charge is 0.320 e. The van der Waals surface area contributed by atoms with Crippen LogP contribution in [0.2, 0.25) is 0 Å². The van der Waals surface area contributed by atoms with E-state index >= 15 is 0 Å². The van der Waals surface area contributed by atoms with E-state index in [1.165, 1.54) is 32.1 Å². The maximum absolute atomic E-state index is 10.8. The summed E-state index contributed by atoms with van der Waals surface area (Å²) in [6, 6.07) is 1.78. The molecule has 0 unspecified atom stereocenters. The molecule has 0 N–H and O–H groups in total. The zero-order valence-corrected chi connectivity index (χ0v) is 7.79. The summed E-state index contributed by atoms with van der Waals surface area (Å²) in [5, 5.41) is 8.22. The molecule has 0 atom stereocenters. The van der Waals surface area contributed by atoms with E-state index in [-0.39, 0.29) is 12.4 Å². The van der Waals surface area contributed by atoms with E-state index in [0.717, 1.165) is 0 Å². The van der Waals surface area contributed by atoms with Crippen LogP contribution in [0, 0.1) is 17.2 Å². The zero-order valence-electron chi connectivity index (χ0n) is 7.79. The Morgan fingerprint density at radius 1 is 1.38 bits per heavy atom. The highest BCUT2D eigenvalue weighted by Gasteiger charge is 2.14. The summed E-state index contributed by atoms with van der Waals surface area (Å²) in [6.07, 6.45) is 6.02. The van der Waals surface area contributed by atoms with E-state index in [1.54, 1.807) is 6.07 Å². The van der Waals surface area contributed by atoms with Gasteiger partial charge < -0.3 is 4.74 Å². The van der Waals surface area contributed by atoms with Gasteiger partial charge >= 0.3 is 5.97 Å². The fraction of sp³-hybridized carbons (Fsp3) is 0.800. The first-order valence-corrected chi connectivity index (χ1v) is 4.85. The highest BCUT2D eigenvalue weighted by atomic mass is 16.5. The summed E-state index contributed by atoms with van der Waals surface area (Å²) in [5.41, 5.74) is 0. The average Bonchev–Trinajstić information content (AvgIpc) is 2.17. The highest BCUT2D eigenvalue weighted by molar-refractivity contribution is 5.71. The predicted octanol–water partition coefficient (Wildman–Crippen LogP) is 2.02. The number of rotatable bonds is 3. The van der Waals surface area contributed by atoms with Gasteiger partial charge in [0.1, 0.15) is 6.42 Å². The lowest BCUT2D eigenvalue weighted by Crippen LogP contribution is -2.16. The second-order valence-corrected chi connectivity index (χ2v) is 3.52. The summed E-state index contributed by atoms with van der Waals surface area (Å²) in [5.74, 6) is 0.157. The second-order valence-electron chi connectivity index (χ2n) is 3.52. The number of hydrogen-bond acceptors (Lipinski definition) is 3. The van der Waals surface area contributed by atoms with E-state index in [2.05, 4.69) is 0 Å². The molecule has 0 bridgehead atoms. The Morgan fingerprint density at radius 3 is 2.69 bits per heavy atom. The summed E-state index contributed by atoms with van der Waals surface area (Å²) in [7, 11) is 0. The lowest BCUT2D eigenvalue weighted by molar-refractivity contribution is -0.144. The van der Waals surface area contributed by atoms with Crippen molar-refractivity contribution in [3.63, 3.8) is 0 Å². The van der Waals surface area contributed by atoms with Crippen molar-refractivity contribution in [1.29, 1.82) is 5.26 Å². The van der Waals surface area contributed by atoms with E-state index in [9.17, 15) is 4.79 Å². The van der Waals surface area contributed by atoms with Gasteiger partial charge in [0.2, 0.25) is 0 Å². The molecule has 3 heteroatoms. The van der Waals surface area contributed by atoms with Crippen LogP contribution in [0.3, 0.4) is 0 Å². The first-order valence-electron chi connectivity index (χ1n) is 4.85. The Bertz CT molecular complexity index is 201. The van der Waals surface area contributed by atoms with Crippen molar-refractivity contribution in [3.8, 4) is 6.07 Å². The molecule has 0 aliphatic heterocycles. The Balaban J connectivity index is 2.10. The zero-order chi connectivity index (χ0) is 9.52. The van der Waals surface area contributed by atoms with Gasteiger partial charge in [0.25, 0.3) is 0 Å². The molecule has 1 rings (SSSR count). The largest absolute Gasteiger partial charge is 0.465 e. The fourth-order valence-electron chi connectivity index (χ4n) is 1.68. The summed E-state index contributed by atoms with van der Waals surface area (Å²) < 4.78 is 4.96. The number of carbonyl (C=O) groups excluding carboxylic acids is 1. The first-order chi connectivity index (χ1) is 6.33. The van der Waals surface area contributed by atoms with Crippen LogP contribution in [0.4, 0.5) is 0 Å². The summed E-state index contributed by atoms with van der Waals surface area (Å²) in [6.45, 7) is 0.514. The molecule has 72 valence electrons. The van der Waals surface area contributed by atoms with Crippen molar-refractivity contribution in [3.05, 3.63) is 0 Å². The molecule has 0 aromatic heterocycles. The average molecular weight is 181 g/mol. The Hall–Kier alpha value is -1.04. The Kier molecular flexibility index (Phi) is 4.31. The molecule has 3 nitrogen and oxygen atoms in total. The predicted molar refractivity (Wildman–Crippen MR) is 47.8 cm³/mol. The van der Waals surface area contributed by atoms with Crippen LogP contribution in [0.15, 0.2) is 0 Å². The standard InChI is InChI=1S/C10H15NO2/c11-7-6-10(12)13-8-9-4-2-1-3-5-9/h9H,1-6,8H2. The minimum atomic E-state index is -0.381. The molecule has 1 aliphatic rings. The fourth-order valence-corrected chi connectivity index (χ4v) is 1.68. The van der Waals surface area contributed by atoms with Crippen LogP contribution in [-0.4, -0.2) is 12.6 Å². The van der Waals surface area contributed by atoms with E-state index < -0.39 is 0 Å². The quantitative estimate of drug-likeness (QED) is 0.626. The number of nitriles is 1. The number of hydrogen-bond donors (Lipinski definition) is 0. The minimum absolute atomic E-state index is 0.118. The Morgan fingerprint density at radius 2 is 2.08 bits per heavy atom. The maximum atomic E-state index is 10.8. The van der Waals surface area contributed by atoms with Gasteiger partial charge in [-0.15, -0.1) is 0 Å². The van der Waals surface area contributed by atoms with Crippen molar-refractivity contribution in [2.24, 2.45) is 5.92 Å². The molecule has 0 heterocycles. The van der Waals surface area contributed by atoms with Crippen molar-refractivity contribution >= 4 is 5.97 Å². The second kappa shape index (κ2) is 5.58. The summed E-state index contributed by atoms with van der Waals surface area (Å²) in [4.78, 5) is 10.8. The molecule has 0 amide bonds. The molecule has 1 aliphatic carbocycles. The summed E-state index contributed by atoms with van der Waals surface area (Å²) >= 11 is 0. The molecule has 0 aromatic rings.